The minimum atomic E-state index is 0.0111. The SMILES string of the molecule is COCCCN(C)CC(=O)NCCOc1ccc2ccccc2c1. The number of carbonyl (C=O) groups is 1. The lowest BCUT2D eigenvalue weighted by molar-refractivity contribution is -0.122. The van der Waals surface area contributed by atoms with E-state index in [1.165, 1.54) is 5.39 Å². The molecule has 24 heavy (non-hydrogen) atoms. The number of benzene rings is 2. The number of hydrogen-bond donors (Lipinski definition) is 1. The van der Waals surface area contributed by atoms with Crippen LogP contribution in [0.2, 0.25) is 0 Å². The molecule has 0 saturated heterocycles. The number of carbonyl (C=O) groups excluding carboxylic acids is 1. The number of amides is 1. The Balaban J connectivity index is 1.65. The summed E-state index contributed by atoms with van der Waals surface area (Å²) >= 11 is 0. The number of nitrogens with zero attached hydrogens (tertiary/aromatic N) is 1. The van der Waals surface area contributed by atoms with Crippen LogP contribution in [0, 0.1) is 0 Å². The Hall–Kier alpha value is -2.11. The van der Waals surface area contributed by atoms with Crippen LogP contribution in [-0.4, -0.2) is 57.8 Å². The fraction of sp³-hybridized carbons (Fsp3) is 0.421. The minimum absolute atomic E-state index is 0.0111. The van der Waals surface area contributed by atoms with E-state index in [2.05, 4.69) is 17.4 Å². The zero-order valence-corrected chi connectivity index (χ0v) is 14.5. The van der Waals surface area contributed by atoms with E-state index in [4.69, 9.17) is 9.47 Å². The molecule has 1 amide bonds. The van der Waals surface area contributed by atoms with Crippen LogP contribution in [0.15, 0.2) is 42.5 Å². The van der Waals surface area contributed by atoms with E-state index in [0.29, 0.717) is 26.3 Å². The summed E-state index contributed by atoms with van der Waals surface area (Å²) in [5.41, 5.74) is 0. The van der Waals surface area contributed by atoms with Crippen LogP contribution in [0.5, 0.6) is 5.75 Å². The van der Waals surface area contributed by atoms with Crippen LogP contribution in [0.4, 0.5) is 0 Å². The average Bonchev–Trinajstić information content (AvgIpc) is 2.59. The third-order valence-electron chi connectivity index (χ3n) is 3.72. The van der Waals surface area contributed by atoms with Crippen molar-refractivity contribution in [1.82, 2.24) is 10.2 Å². The lowest BCUT2D eigenvalue weighted by Gasteiger charge is -2.16. The molecule has 130 valence electrons. The van der Waals surface area contributed by atoms with Crippen molar-refractivity contribution in [3.8, 4) is 5.75 Å². The first-order valence-corrected chi connectivity index (χ1v) is 8.25. The Morgan fingerprint density at radius 2 is 1.92 bits per heavy atom. The molecule has 0 aliphatic rings. The van der Waals surface area contributed by atoms with Gasteiger partial charge in [-0.2, -0.15) is 0 Å². The molecule has 0 radical (unpaired) electrons. The predicted molar refractivity (Wildman–Crippen MR) is 96.4 cm³/mol. The van der Waals surface area contributed by atoms with Crippen molar-refractivity contribution in [2.24, 2.45) is 0 Å². The first-order valence-electron chi connectivity index (χ1n) is 8.25. The molecule has 0 aliphatic carbocycles. The normalized spacial score (nSPS) is 11.0. The Kier molecular flexibility index (Phi) is 7.52. The second kappa shape index (κ2) is 9.90. The van der Waals surface area contributed by atoms with Gasteiger partial charge in [0.25, 0.3) is 0 Å². The smallest absolute Gasteiger partial charge is 0.234 e. The third kappa shape index (κ3) is 6.18. The van der Waals surface area contributed by atoms with Crippen molar-refractivity contribution >= 4 is 16.7 Å². The van der Waals surface area contributed by atoms with Gasteiger partial charge < -0.3 is 14.8 Å². The number of hydrogen-bond acceptors (Lipinski definition) is 4. The van der Waals surface area contributed by atoms with Crippen molar-refractivity contribution in [3.63, 3.8) is 0 Å². The highest BCUT2D eigenvalue weighted by atomic mass is 16.5. The van der Waals surface area contributed by atoms with Crippen LogP contribution in [0.25, 0.3) is 10.8 Å². The maximum Gasteiger partial charge on any atom is 0.234 e. The quantitative estimate of drug-likeness (QED) is 0.679. The predicted octanol–water partition coefficient (Wildman–Crippen LogP) is 2.30. The number of rotatable bonds is 10. The highest BCUT2D eigenvalue weighted by molar-refractivity contribution is 5.83. The van der Waals surface area contributed by atoms with Gasteiger partial charge in [-0.25, -0.2) is 0 Å². The summed E-state index contributed by atoms with van der Waals surface area (Å²) in [5.74, 6) is 0.830. The first-order chi connectivity index (χ1) is 11.7. The lowest BCUT2D eigenvalue weighted by atomic mass is 10.1. The topological polar surface area (TPSA) is 50.8 Å². The van der Waals surface area contributed by atoms with Crippen molar-refractivity contribution in [3.05, 3.63) is 42.5 Å². The minimum Gasteiger partial charge on any atom is -0.492 e. The molecule has 0 heterocycles. The zero-order valence-electron chi connectivity index (χ0n) is 14.5. The van der Waals surface area contributed by atoms with Gasteiger partial charge >= 0.3 is 0 Å². The van der Waals surface area contributed by atoms with E-state index >= 15 is 0 Å². The molecule has 2 rings (SSSR count). The molecule has 2 aromatic carbocycles. The fourth-order valence-corrected chi connectivity index (χ4v) is 2.48. The van der Waals surface area contributed by atoms with Gasteiger partial charge in [-0.1, -0.05) is 30.3 Å². The molecule has 0 atom stereocenters. The van der Waals surface area contributed by atoms with Crippen LogP contribution in [0.1, 0.15) is 6.42 Å². The van der Waals surface area contributed by atoms with Crippen LogP contribution in [-0.2, 0) is 9.53 Å². The zero-order chi connectivity index (χ0) is 17.2. The molecule has 1 N–H and O–H groups in total. The summed E-state index contributed by atoms with van der Waals surface area (Å²) in [5, 5.41) is 5.21. The molecule has 5 heteroatoms. The van der Waals surface area contributed by atoms with Gasteiger partial charge in [-0.3, -0.25) is 9.69 Å². The number of ether oxygens (including phenoxy) is 2. The second-order valence-electron chi connectivity index (χ2n) is 5.79. The highest BCUT2D eigenvalue weighted by Gasteiger charge is 2.05. The standard InChI is InChI=1S/C19H26N2O3/c1-21(11-5-12-23-2)15-19(22)20-10-13-24-18-9-8-16-6-3-4-7-17(16)14-18/h3-4,6-9,14H,5,10-13,15H2,1-2H3,(H,20,22). The van der Waals surface area contributed by atoms with Crippen molar-refractivity contribution in [2.75, 3.05) is 47.0 Å². The summed E-state index contributed by atoms with van der Waals surface area (Å²) in [6.45, 7) is 2.90. The van der Waals surface area contributed by atoms with Crippen LogP contribution >= 0.6 is 0 Å². The maximum atomic E-state index is 11.8. The number of nitrogens with one attached hydrogen (secondary N) is 1. The van der Waals surface area contributed by atoms with E-state index in [9.17, 15) is 4.79 Å². The van der Waals surface area contributed by atoms with E-state index in [1.54, 1.807) is 7.11 Å². The van der Waals surface area contributed by atoms with E-state index < -0.39 is 0 Å². The van der Waals surface area contributed by atoms with Crippen LogP contribution in [0.3, 0.4) is 0 Å². The second-order valence-corrected chi connectivity index (χ2v) is 5.79. The van der Waals surface area contributed by atoms with Gasteiger partial charge in [0.15, 0.2) is 0 Å². The van der Waals surface area contributed by atoms with Crippen molar-refractivity contribution in [2.45, 2.75) is 6.42 Å². The summed E-state index contributed by atoms with van der Waals surface area (Å²) < 4.78 is 10.7. The molecule has 0 saturated carbocycles. The van der Waals surface area contributed by atoms with Gasteiger partial charge in [0, 0.05) is 20.3 Å². The number of methoxy groups -OCH3 is 1. The summed E-state index contributed by atoms with van der Waals surface area (Å²) in [6, 6.07) is 14.2. The Bertz CT molecular complexity index is 645. The highest BCUT2D eigenvalue weighted by Crippen LogP contribution is 2.20. The molecule has 0 bridgehead atoms. The number of fused-ring (bicyclic) bond motifs is 1. The third-order valence-corrected chi connectivity index (χ3v) is 3.72. The number of likely N-dealkylation sites (N-methyl/N-ethyl adjacent to an activating group) is 1. The maximum absolute atomic E-state index is 11.8. The van der Waals surface area contributed by atoms with E-state index in [-0.39, 0.29) is 5.91 Å². The van der Waals surface area contributed by atoms with Crippen molar-refractivity contribution < 1.29 is 14.3 Å². The fourth-order valence-electron chi connectivity index (χ4n) is 2.48. The van der Waals surface area contributed by atoms with E-state index in [0.717, 1.165) is 24.1 Å². The molecule has 0 aromatic heterocycles. The molecule has 5 nitrogen and oxygen atoms in total. The monoisotopic (exact) mass is 330 g/mol. The van der Waals surface area contributed by atoms with Gasteiger partial charge in [0.05, 0.1) is 13.1 Å². The molecule has 2 aromatic rings. The Morgan fingerprint density at radius 3 is 2.71 bits per heavy atom. The van der Waals surface area contributed by atoms with Crippen LogP contribution < -0.4 is 10.1 Å². The molecular weight excluding hydrogens is 304 g/mol. The first kappa shape index (κ1) is 18.2. The largest absolute Gasteiger partial charge is 0.492 e. The molecular formula is C19H26N2O3. The summed E-state index contributed by atoms with van der Waals surface area (Å²) in [7, 11) is 3.61. The average molecular weight is 330 g/mol. The lowest BCUT2D eigenvalue weighted by Crippen LogP contribution is -2.37. The van der Waals surface area contributed by atoms with Crippen molar-refractivity contribution in [1.29, 1.82) is 0 Å². The summed E-state index contributed by atoms with van der Waals surface area (Å²) in [4.78, 5) is 13.8. The molecule has 0 unspecified atom stereocenters. The Morgan fingerprint density at radius 1 is 1.12 bits per heavy atom. The molecule has 0 aliphatic heterocycles. The van der Waals surface area contributed by atoms with Gasteiger partial charge in [0.2, 0.25) is 5.91 Å². The van der Waals surface area contributed by atoms with Gasteiger partial charge in [0.1, 0.15) is 12.4 Å². The van der Waals surface area contributed by atoms with E-state index in [1.807, 2.05) is 42.3 Å². The van der Waals surface area contributed by atoms with Gasteiger partial charge in [-0.15, -0.1) is 0 Å². The summed E-state index contributed by atoms with van der Waals surface area (Å²) in [6.07, 6.45) is 0.922. The Labute approximate surface area is 143 Å². The molecule has 0 fully saturated rings. The molecule has 0 spiro atoms. The van der Waals surface area contributed by atoms with Gasteiger partial charge in [-0.05, 0) is 36.4 Å².